The highest BCUT2D eigenvalue weighted by molar-refractivity contribution is 5.96. The van der Waals surface area contributed by atoms with Gasteiger partial charge in [0.15, 0.2) is 0 Å². The lowest BCUT2D eigenvalue weighted by Gasteiger charge is -2.24. The number of aromatic nitrogens is 2. The van der Waals surface area contributed by atoms with Crippen LogP contribution in [0.15, 0.2) is 22.4 Å². The van der Waals surface area contributed by atoms with Gasteiger partial charge in [-0.3, -0.25) is 9.67 Å². The van der Waals surface area contributed by atoms with Gasteiger partial charge in [0.1, 0.15) is 0 Å². The minimum atomic E-state index is 0.215. The van der Waals surface area contributed by atoms with Crippen LogP contribution >= 0.6 is 0 Å². The Morgan fingerprint density at radius 3 is 2.90 bits per heavy atom. The molecule has 0 spiro atoms. The number of rotatable bonds is 3. The Bertz CT molecular complexity index is 516. The van der Waals surface area contributed by atoms with Gasteiger partial charge in [-0.25, -0.2) is 4.99 Å². The molecule has 0 saturated heterocycles. The number of nitrogens with one attached hydrogen (secondary N) is 1. The molecule has 0 bridgehead atoms. The molecule has 0 radical (unpaired) electrons. The lowest BCUT2D eigenvalue weighted by atomic mass is 9.87. The third-order valence-electron chi connectivity index (χ3n) is 3.57. The molecule has 0 atom stereocenters. The quantitative estimate of drug-likeness (QED) is 0.678. The Labute approximate surface area is 119 Å². The molecular formula is C14H20N6. The SMILES string of the molecule is C=N/C(=N\CC)Nc1cnn([C@H]2CC[C@@H](C#N)CC2)c1. The van der Waals surface area contributed by atoms with Crippen molar-refractivity contribution in [1.82, 2.24) is 9.78 Å². The molecule has 1 aromatic rings. The molecule has 6 heteroatoms. The van der Waals surface area contributed by atoms with Crippen molar-refractivity contribution >= 4 is 18.4 Å². The molecule has 2 rings (SSSR count). The molecular weight excluding hydrogens is 252 g/mol. The summed E-state index contributed by atoms with van der Waals surface area (Å²) in [4.78, 5) is 8.02. The highest BCUT2D eigenvalue weighted by Gasteiger charge is 2.22. The van der Waals surface area contributed by atoms with E-state index in [-0.39, 0.29) is 5.92 Å². The predicted octanol–water partition coefficient (Wildman–Crippen LogP) is 2.63. The summed E-state index contributed by atoms with van der Waals surface area (Å²) in [5.41, 5.74) is 0.868. The molecule has 0 aromatic carbocycles. The first-order chi connectivity index (χ1) is 9.76. The topological polar surface area (TPSA) is 78.4 Å². The lowest BCUT2D eigenvalue weighted by molar-refractivity contribution is 0.294. The van der Waals surface area contributed by atoms with Gasteiger partial charge in [-0.15, -0.1) is 0 Å². The van der Waals surface area contributed by atoms with Crippen LogP contribution in [-0.4, -0.2) is 29.0 Å². The molecule has 1 aliphatic rings. The van der Waals surface area contributed by atoms with E-state index >= 15 is 0 Å². The third kappa shape index (κ3) is 3.44. The Morgan fingerprint density at radius 2 is 2.30 bits per heavy atom. The van der Waals surface area contributed by atoms with E-state index < -0.39 is 0 Å². The summed E-state index contributed by atoms with van der Waals surface area (Å²) in [7, 11) is 0. The molecule has 1 fully saturated rings. The van der Waals surface area contributed by atoms with Crippen LogP contribution in [-0.2, 0) is 0 Å². The van der Waals surface area contributed by atoms with Gasteiger partial charge in [0, 0.05) is 18.7 Å². The minimum absolute atomic E-state index is 0.215. The van der Waals surface area contributed by atoms with E-state index in [0.29, 0.717) is 18.5 Å². The molecule has 0 aliphatic heterocycles. The maximum Gasteiger partial charge on any atom is 0.221 e. The van der Waals surface area contributed by atoms with E-state index in [4.69, 9.17) is 5.26 Å². The second-order valence-electron chi connectivity index (χ2n) is 4.92. The average Bonchev–Trinajstić information content (AvgIpc) is 2.95. The third-order valence-corrected chi connectivity index (χ3v) is 3.57. The van der Waals surface area contributed by atoms with Crippen molar-refractivity contribution in [2.75, 3.05) is 11.9 Å². The number of hydrogen-bond donors (Lipinski definition) is 1. The Hall–Kier alpha value is -2.16. The Balaban J connectivity index is 1.97. The number of anilines is 1. The molecule has 1 aromatic heterocycles. The van der Waals surface area contributed by atoms with Gasteiger partial charge in [-0.2, -0.15) is 10.4 Å². The first-order valence-corrected chi connectivity index (χ1v) is 6.98. The van der Waals surface area contributed by atoms with E-state index in [1.54, 1.807) is 6.20 Å². The van der Waals surface area contributed by atoms with E-state index in [1.165, 1.54) is 0 Å². The summed E-state index contributed by atoms with van der Waals surface area (Å²) in [6.07, 6.45) is 7.67. The van der Waals surface area contributed by atoms with Crippen molar-refractivity contribution < 1.29 is 0 Å². The normalized spacial score (nSPS) is 23.1. The average molecular weight is 272 g/mol. The summed E-state index contributed by atoms with van der Waals surface area (Å²) in [6.45, 7) is 6.10. The maximum absolute atomic E-state index is 8.92. The highest BCUT2D eigenvalue weighted by atomic mass is 15.3. The number of nitrogens with zero attached hydrogens (tertiary/aromatic N) is 5. The van der Waals surface area contributed by atoms with Gasteiger partial charge in [-0.1, -0.05) is 0 Å². The van der Waals surface area contributed by atoms with Crippen molar-refractivity contribution in [3.63, 3.8) is 0 Å². The van der Waals surface area contributed by atoms with E-state index in [2.05, 4.69) is 33.2 Å². The van der Waals surface area contributed by atoms with Crippen LogP contribution in [0.2, 0.25) is 0 Å². The summed E-state index contributed by atoms with van der Waals surface area (Å²) < 4.78 is 1.97. The summed E-state index contributed by atoms with van der Waals surface area (Å²) >= 11 is 0. The van der Waals surface area contributed by atoms with Crippen LogP contribution in [0.3, 0.4) is 0 Å². The molecule has 1 aliphatic carbocycles. The van der Waals surface area contributed by atoms with Crippen LogP contribution in [0.25, 0.3) is 0 Å². The molecule has 0 amide bonds. The van der Waals surface area contributed by atoms with Crippen molar-refractivity contribution in [3.05, 3.63) is 12.4 Å². The zero-order chi connectivity index (χ0) is 14.4. The van der Waals surface area contributed by atoms with Gasteiger partial charge in [0.2, 0.25) is 5.96 Å². The zero-order valence-corrected chi connectivity index (χ0v) is 11.8. The lowest BCUT2D eigenvalue weighted by Crippen LogP contribution is -2.17. The second kappa shape index (κ2) is 6.85. The Kier molecular flexibility index (Phi) is 4.88. The minimum Gasteiger partial charge on any atom is -0.322 e. The first kappa shape index (κ1) is 14.3. The fourth-order valence-electron chi connectivity index (χ4n) is 2.48. The molecule has 1 saturated carbocycles. The molecule has 1 N–H and O–H groups in total. The van der Waals surface area contributed by atoms with Gasteiger partial charge in [0.25, 0.3) is 0 Å². The summed E-state index contributed by atoms with van der Waals surface area (Å²) in [5.74, 6) is 0.730. The first-order valence-electron chi connectivity index (χ1n) is 6.98. The summed E-state index contributed by atoms with van der Waals surface area (Å²) in [5, 5.41) is 16.4. The summed E-state index contributed by atoms with van der Waals surface area (Å²) in [6, 6.07) is 2.74. The molecule has 1 heterocycles. The molecule has 0 unspecified atom stereocenters. The van der Waals surface area contributed by atoms with Crippen LogP contribution in [0.4, 0.5) is 5.69 Å². The highest BCUT2D eigenvalue weighted by Crippen LogP contribution is 2.31. The number of aliphatic imine (C=N–C) groups is 2. The van der Waals surface area contributed by atoms with E-state index in [1.807, 2.05) is 17.8 Å². The molecule has 6 nitrogen and oxygen atoms in total. The van der Waals surface area contributed by atoms with Crippen molar-refractivity contribution in [1.29, 1.82) is 5.26 Å². The van der Waals surface area contributed by atoms with Crippen molar-refractivity contribution in [2.24, 2.45) is 15.9 Å². The predicted molar refractivity (Wildman–Crippen MR) is 80.0 cm³/mol. The van der Waals surface area contributed by atoms with Crippen LogP contribution in [0.5, 0.6) is 0 Å². The largest absolute Gasteiger partial charge is 0.322 e. The van der Waals surface area contributed by atoms with Crippen LogP contribution < -0.4 is 5.32 Å². The number of nitriles is 1. The smallest absolute Gasteiger partial charge is 0.221 e. The van der Waals surface area contributed by atoms with Crippen molar-refractivity contribution in [3.8, 4) is 6.07 Å². The van der Waals surface area contributed by atoms with Crippen LogP contribution in [0.1, 0.15) is 38.6 Å². The van der Waals surface area contributed by atoms with Crippen LogP contribution in [0, 0.1) is 17.2 Å². The van der Waals surface area contributed by atoms with E-state index in [0.717, 1.165) is 31.4 Å². The van der Waals surface area contributed by atoms with Gasteiger partial charge >= 0.3 is 0 Å². The van der Waals surface area contributed by atoms with Gasteiger partial charge in [0.05, 0.1) is 24.0 Å². The second-order valence-corrected chi connectivity index (χ2v) is 4.92. The fourth-order valence-corrected chi connectivity index (χ4v) is 2.48. The zero-order valence-electron chi connectivity index (χ0n) is 11.8. The van der Waals surface area contributed by atoms with E-state index in [9.17, 15) is 0 Å². The number of guanidine groups is 1. The fraction of sp³-hybridized carbons (Fsp3) is 0.571. The molecule has 106 valence electrons. The standard InChI is InChI=1S/C14H20N6/c1-3-17-14(16-2)19-12-9-18-20(10-12)13-6-4-11(8-15)5-7-13/h9-11,13H,2-7H2,1H3,(H,17,19)/t11-,13+. The number of hydrogen-bond acceptors (Lipinski definition) is 3. The Morgan fingerprint density at radius 1 is 1.55 bits per heavy atom. The van der Waals surface area contributed by atoms with Gasteiger partial charge in [-0.05, 0) is 39.3 Å². The van der Waals surface area contributed by atoms with Crippen molar-refractivity contribution in [2.45, 2.75) is 38.6 Å². The maximum atomic E-state index is 8.92. The molecule has 20 heavy (non-hydrogen) atoms. The monoisotopic (exact) mass is 272 g/mol. The van der Waals surface area contributed by atoms with Gasteiger partial charge < -0.3 is 5.32 Å².